The molecule has 0 aromatic rings. The van der Waals surface area contributed by atoms with E-state index in [1.54, 1.807) is 6.92 Å². The molecule has 0 amide bonds. The first-order chi connectivity index (χ1) is 16.6. The van der Waals surface area contributed by atoms with E-state index in [4.69, 9.17) is 24.1 Å². The summed E-state index contributed by atoms with van der Waals surface area (Å²) >= 11 is 0. The zero-order chi connectivity index (χ0) is 25.1. The van der Waals surface area contributed by atoms with Gasteiger partial charge < -0.3 is 24.1 Å². The standard InChI is InChI=1S/C28H56O6/c1-4-5-6-7-8-9-10-11-12-13-14-15-16-18-28(27(3)34-25-26(2)30)33-21-17-20-31-23-24-32-22-19-29/h27-29H,4-25H2,1-3H3. The van der Waals surface area contributed by atoms with Crippen LogP contribution in [0.25, 0.3) is 0 Å². The molecule has 1 N–H and O–H groups in total. The fourth-order valence-electron chi connectivity index (χ4n) is 3.96. The summed E-state index contributed by atoms with van der Waals surface area (Å²) in [5.41, 5.74) is 0. The molecule has 0 bridgehead atoms. The van der Waals surface area contributed by atoms with E-state index >= 15 is 0 Å². The molecule has 0 radical (unpaired) electrons. The van der Waals surface area contributed by atoms with Crippen LogP contribution in [0.5, 0.6) is 0 Å². The molecule has 0 aromatic carbocycles. The average Bonchev–Trinajstić information content (AvgIpc) is 2.83. The van der Waals surface area contributed by atoms with Gasteiger partial charge in [0.1, 0.15) is 6.61 Å². The van der Waals surface area contributed by atoms with Gasteiger partial charge in [0.25, 0.3) is 0 Å². The van der Waals surface area contributed by atoms with Crippen molar-refractivity contribution in [1.82, 2.24) is 0 Å². The van der Waals surface area contributed by atoms with Gasteiger partial charge in [0.2, 0.25) is 0 Å². The Morgan fingerprint density at radius 2 is 1.21 bits per heavy atom. The van der Waals surface area contributed by atoms with Gasteiger partial charge in [-0.15, -0.1) is 0 Å². The SMILES string of the molecule is CCCCCCCCCCCCCCCC(OCCCOCCOCCO)C(C)OCC(C)=O. The predicted octanol–water partition coefficient (Wildman–Crippen LogP) is 6.26. The van der Waals surface area contributed by atoms with Crippen LogP contribution >= 0.6 is 0 Å². The van der Waals surface area contributed by atoms with Gasteiger partial charge in [0.05, 0.1) is 38.6 Å². The molecule has 6 heteroatoms. The third kappa shape index (κ3) is 24.6. The molecule has 0 aliphatic heterocycles. The number of rotatable bonds is 28. The van der Waals surface area contributed by atoms with Crippen molar-refractivity contribution in [2.24, 2.45) is 0 Å². The van der Waals surface area contributed by atoms with Crippen LogP contribution in [-0.2, 0) is 23.7 Å². The molecule has 0 fully saturated rings. The van der Waals surface area contributed by atoms with Crippen LogP contribution in [-0.4, -0.2) is 69.3 Å². The first kappa shape index (κ1) is 33.5. The van der Waals surface area contributed by atoms with Gasteiger partial charge in [-0.25, -0.2) is 0 Å². The highest BCUT2D eigenvalue weighted by molar-refractivity contribution is 5.76. The number of carbonyl (C=O) groups is 1. The fourth-order valence-corrected chi connectivity index (χ4v) is 3.96. The summed E-state index contributed by atoms with van der Waals surface area (Å²) in [5, 5.41) is 8.66. The van der Waals surface area contributed by atoms with Crippen molar-refractivity contribution >= 4 is 5.78 Å². The molecule has 2 unspecified atom stereocenters. The van der Waals surface area contributed by atoms with Crippen LogP contribution in [0, 0.1) is 0 Å². The van der Waals surface area contributed by atoms with E-state index in [0.29, 0.717) is 33.0 Å². The van der Waals surface area contributed by atoms with Crippen molar-refractivity contribution in [3.63, 3.8) is 0 Å². The summed E-state index contributed by atoms with van der Waals surface area (Å²) in [7, 11) is 0. The monoisotopic (exact) mass is 488 g/mol. The Bertz CT molecular complexity index is 418. The van der Waals surface area contributed by atoms with Crippen molar-refractivity contribution in [1.29, 1.82) is 0 Å². The first-order valence-corrected chi connectivity index (χ1v) is 14.1. The topological polar surface area (TPSA) is 74.2 Å². The van der Waals surface area contributed by atoms with Crippen LogP contribution < -0.4 is 0 Å². The molecular weight excluding hydrogens is 432 g/mol. The van der Waals surface area contributed by atoms with Crippen molar-refractivity contribution in [3.05, 3.63) is 0 Å². The van der Waals surface area contributed by atoms with E-state index in [-0.39, 0.29) is 31.2 Å². The lowest BCUT2D eigenvalue weighted by molar-refractivity contribution is -0.128. The Morgan fingerprint density at radius 3 is 1.74 bits per heavy atom. The highest BCUT2D eigenvalue weighted by atomic mass is 16.5. The van der Waals surface area contributed by atoms with E-state index in [1.165, 1.54) is 77.0 Å². The molecule has 0 spiro atoms. The minimum atomic E-state index is -0.0889. The Balaban J connectivity index is 3.84. The number of hydrogen-bond acceptors (Lipinski definition) is 6. The minimum Gasteiger partial charge on any atom is -0.394 e. The van der Waals surface area contributed by atoms with Crippen molar-refractivity contribution < 1.29 is 28.8 Å². The highest BCUT2D eigenvalue weighted by Gasteiger charge is 2.19. The van der Waals surface area contributed by atoms with Gasteiger partial charge in [0, 0.05) is 13.2 Å². The van der Waals surface area contributed by atoms with Gasteiger partial charge in [-0.05, 0) is 26.7 Å². The zero-order valence-corrected chi connectivity index (χ0v) is 22.7. The van der Waals surface area contributed by atoms with E-state index in [2.05, 4.69) is 6.92 Å². The Labute approximate surface area is 210 Å². The van der Waals surface area contributed by atoms with Gasteiger partial charge in [-0.2, -0.15) is 0 Å². The second kappa shape index (κ2) is 27.1. The third-order valence-electron chi connectivity index (χ3n) is 6.04. The maximum absolute atomic E-state index is 11.3. The number of ketones is 1. The van der Waals surface area contributed by atoms with E-state index in [9.17, 15) is 4.79 Å². The second-order valence-corrected chi connectivity index (χ2v) is 9.46. The number of unbranched alkanes of at least 4 members (excludes halogenated alkanes) is 12. The zero-order valence-electron chi connectivity index (χ0n) is 22.7. The highest BCUT2D eigenvalue weighted by Crippen LogP contribution is 2.16. The van der Waals surface area contributed by atoms with Gasteiger partial charge in [-0.3, -0.25) is 4.79 Å². The van der Waals surface area contributed by atoms with E-state index < -0.39 is 0 Å². The maximum Gasteiger partial charge on any atom is 0.155 e. The summed E-state index contributed by atoms with van der Waals surface area (Å²) < 4.78 is 22.5. The molecule has 0 heterocycles. The first-order valence-electron chi connectivity index (χ1n) is 14.1. The minimum absolute atomic E-state index is 0.0138. The second-order valence-electron chi connectivity index (χ2n) is 9.46. The number of ether oxygens (including phenoxy) is 4. The smallest absolute Gasteiger partial charge is 0.155 e. The Kier molecular flexibility index (Phi) is 26.6. The van der Waals surface area contributed by atoms with Crippen LogP contribution in [0.4, 0.5) is 0 Å². The molecule has 6 nitrogen and oxygen atoms in total. The lowest BCUT2D eigenvalue weighted by Gasteiger charge is -2.24. The molecule has 2 atom stereocenters. The predicted molar refractivity (Wildman–Crippen MR) is 139 cm³/mol. The van der Waals surface area contributed by atoms with E-state index in [1.807, 2.05) is 6.92 Å². The summed E-state index contributed by atoms with van der Waals surface area (Å²) in [6.07, 6.45) is 19.2. The summed E-state index contributed by atoms with van der Waals surface area (Å²) in [6.45, 7) is 8.64. The lowest BCUT2D eigenvalue weighted by Crippen LogP contribution is -2.31. The lowest BCUT2D eigenvalue weighted by atomic mass is 10.0. The number of Topliss-reactive ketones (excluding diaryl/α,β-unsaturated/α-hetero) is 1. The molecule has 0 saturated heterocycles. The van der Waals surface area contributed by atoms with E-state index in [0.717, 1.165) is 19.3 Å². The summed E-state index contributed by atoms with van der Waals surface area (Å²) in [4.78, 5) is 11.3. The molecular formula is C28H56O6. The molecule has 0 aliphatic rings. The summed E-state index contributed by atoms with van der Waals surface area (Å²) in [5.74, 6) is 0.0448. The molecule has 0 rings (SSSR count). The van der Waals surface area contributed by atoms with Crippen LogP contribution in [0.1, 0.15) is 117 Å². The van der Waals surface area contributed by atoms with Gasteiger partial charge >= 0.3 is 0 Å². The normalized spacial score (nSPS) is 13.3. The summed E-state index contributed by atoms with van der Waals surface area (Å²) in [6, 6.07) is 0. The molecule has 204 valence electrons. The Morgan fingerprint density at radius 1 is 0.676 bits per heavy atom. The third-order valence-corrected chi connectivity index (χ3v) is 6.04. The van der Waals surface area contributed by atoms with Crippen LogP contribution in [0.3, 0.4) is 0 Å². The fraction of sp³-hybridized carbons (Fsp3) is 0.964. The molecule has 34 heavy (non-hydrogen) atoms. The largest absolute Gasteiger partial charge is 0.394 e. The molecule has 0 aliphatic carbocycles. The van der Waals surface area contributed by atoms with Gasteiger partial charge in [0.15, 0.2) is 5.78 Å². The maximum atomic E-state index is 11.3. The van der Waals surface area contributed by atoms with Crippen molar-refractivity contribution in [3.8, 4) is 0 Å². The van der Waals surface area contributed by atoms with Crippen molar-refractivity contribution in [2.45, 2.75) is 129 Å². The number of hydrogen-bond donors (Lipinski definition) is 1. The molecule has 0 aromatic heterocycles. The van der Waals surface area contributed by atoms with Crippen LogP contribution in [0.15, 0.2) is 0 Å². The van der Waals surface area contributed by atoms with Crippen LogP contribution in [0.2, 0.25) is 0 Å². The number of carbonyl (C=O) groups excluding carboxylic acids is 1. The number of aliphatic hydroxyl groups excluding tert-OH is 1. The van der Waals surface area contributed by atoms with Gasteiger partial charge in [-0.1, -0.05) is 90.4 Å². The quantitative estimate of drug-likeness (QED) is 0.131. The average molecular weight is 489 g/mol. The van der Waals surface area contributed by atoms with Crippen molar-refractivity contribution in [2.75, 3.05) is 46.2 Å². The Hall–Kier alpha value is -0.530. The molecule has 0 saturated carbocycles. The number of aliphatic hydroxyl groups is 1.